The van der Waals surface area contributed by atoms with E-state index < -0.39 is 5.60 Å². The molecule has 0 radical (unpaired) electrons. The molecule has 1 unspecified atom stereocenters. The third-order valence-corrected chi connectivity index (χ3v) is 2.50. The summed E-state index contributed by atoms with van der Waals surface area (Å²) in [6.45, 7) is 1.81. The van der Waals surface area contributed by atoms with Gasteiger partial charge in [0.15, 0.2) is 0 Å². The van der Waals surface area contributed by atoms with Crippen LogP contribution in [0.15, 0.2) is 18.2 Å². The van der Waals surface area contributed by atoms with Crippen LogP contribution < -0.4 is 0 Å². The standard InChI is InChI=1S/C10H12Cl2O2/c1-10(13,6-14-2)8-5-7(11)3-4-9(8)12/h3-5,13H,6H2,1-2H3. The predicted octanol–water partition coefficient (Wildman–Crippen LogP) is 2.85. The van der Waals surface area contributed by atoms with Crippen molar-refractivity contribution in [1.82, 2.24) is 0 Å². The number of hydrogen-bond donors (Lipinski definition) is 1. The molecule has 0 amide bonds. The zero-order valence-corrected chi connectivity index (χ0v) is 9.56. The Balaban J connectivity index is 3.10. The number of benzene rings is 1. The van der Waals surface area contributed by atoms with Crippen LogP contribution in [0.1, 0.15) is 12.5 Å². The van der Waals surface area contributed by atoms with Crippen molar-refractivity contribution in [3.8, 4) is 0 Å². The van der Waals surface area contributed by atoms with Crippen molar-refractivity contribution in [3.05, 3.63) is 33.8 Å². The fourth-order valence-corrected chi connectivity index (χ4v) is 1.76. The zero-order chi connectivity index (χ0) is 10.8. The van der Waals surface area contributed by atoms with E-state index in [1.807, 2.05) is 0 Å². The summed E-state index contributed by atoms with van der Waals surface area (Å²) >= 11 is 11.8. The van der Waals surface area contributed by atoms with Gasteiger partial charge in [-0.25, -0.2) is 0 Å². The number of aliphatic hydroxyl groups is 1. The van der Waals surface area contributed by atoms with Gasteiger partial charge in [0.25, 0.3) is 0 Å². The quantitative estimate of drug-likeness (QED) is 0.872. The summed E-state index contributed by atoms with van der Waals surface area (Å²) in [4.78, 5) is 0. The van der Waals surface area contributed by atoms with E-state index >= 15 is 0 Å². The van der Waals surface area contributed by atoms with E-state index in [1.54, 1.807) is 25.1 Å². The summed E-state index contributed by atoms with van der Waals surface area (Å²) in [5.74, 6) is 0. The summed E-state index contributed by atoms with van der Waals surface area (Å²) in [5.41, 5.74) is -0.537. The van der Waals surface area contributed by atoms with Crippen molar-refractivity contribution in [2.45, 2.75) is 12.5 Å². The third kappa shape index (κ3) is 2.61. The molecule has 4 heteroatoms. The molecule has 1 rings (SSSR count). The maximum absolute atomic E-state index is 10.0. The van der Waals surface area contributed by atoms with E-state index in [2.05, 4.69) is 0 Å². The van der Waals surface area contributed by atoms with Crippen LogP contribution >= 0.6 is 23.2 Å². The lowest BCUT2D eigenvalue weighted by Gasteiger charge is -2.24. The highest BCUT2D eigenvalue weighted by atomic mass is 35.5. The summed E-state index contributed by atoms with van der Waals surface area (Å²) in [7, 11) is 1.52. The predicted molar refractivity (Wildman–Crippen MR) is 57.9 cm³/mol. The average molecular weight is 235 g/mol. The molecule has 0 saturated heterocycles. The molecule has 0 saturated carbocycles. The Morgan fingerprint density at radius 3 is 2.64 bits per heavy atom. The van der Waals surface area contributed by atoms with Crippen molar-refractivity contribution in [3.63, 3.8) is 0 Å². The molecule has 0 aliphatic rings. The Labute approximate surface area is 93.4 Å². The molecule has 0 aliphatic heterocycles. The minimum absolute atomic E-state index is 0.174. The van der Waals surface area contributed by atoms with Gasteiger partial charge in [-0.15, -0.1) is 0 Å². The lowest BCUT2D eigenvalue weighted by molar-refractivity contribution is -0.0207. The lowest BCUT2D eigenvalue weighted by atomic mass is 9.97. The fourth-order valence-electron chi connectivity index (χ4n) is 1.27. The Morgan fingerprint density at radius 1 is 1.43 bits per heavy atom. The van der Waals surface area contributed by atoms with Gasteiger partial charge < -0.3 is 9.84 Å². The Kier molecular flexibility index (Phi) is 3.78. The topological polar surface area (TPSA) is 29.5 Å². The fraction of sp³-hybridized carbons (Fsp3) is 0.400. The summed E-state index contributed by atoms with van der Waals surface area (Å²) < 4.78 is 4.90. The lowest BCUT2D eigenvalue weighted by Crippen LogP contribution is -2.27. The van der Waals surface area contributed by atoms with Gasteiger partial charge in [-0.05, 0) is 25.1 Å². The Morgan fingerprint density at radius 2 is 2.07 bits per heavy atom. The highest BCUT2D eigenvalue weighted by Crippen LogP contribution is 2.30. The van der Waals surface area contributed by atoms with E-state index in [9.17, 15) is 5.11 Å². The first kappa shape index (κ1) is 11.8. The molecule has 0 aliphatic carbocycles. The first-order valence-corrected chi connectivity index (χ1v) is 4.90. The van der Waals surface area contributed by atoms with Crippen LogP contribution in [0.2, 0.25) is 10.0 Å². The number of rotatable bonds is 3. The van der Waals surface area contributed by atoms with Crippen molar-refractivity contribution >= 4 is 23.2 Å². The second-order valence-corrected chi connectivity index (χ2v) is 4.17. The summed E-state index contributed by atoms with van der Waals surface area (Å²) in [6.07, 6.45) is 0. The smallest absolute Gasteiger partial charge is 0.112 e. The second kappa shape index (κ2) is 4.49. The number of hydrogen-bond acceptors (Lipinski definition) is 2. The van der Waals surface area contributed by atoms with Crippen molar-refractivity contribution < 1.29 is 9.84 Å². The van der Waals surface area contributed by atoms with Gasteiger partial charge in [-0.3, -0.25) is 0 Å². The SMILES string of the molecule is COCC(C)(O)c1cc(Cl)ccc1Cl. The molecule has 0 heterocycles. The van der Waals surface area contributed by atoms with Crippen LogP contribution in [0.4, 0.5) is 0 Å². The van der Waals surface area contributed by atoms with Gasteiger partial charge in [0.05, 0.1) is 6.61 Å². The van der Waals surface area contributed by atoms with Crippen LogP contribution in [0.3, 0.4) is 0 Å². The molecule has 1 aromatic carbocycles. The molecule has 0 bridgehead atoms. The van der Waals surface area contributed by atoms with Gasteiger partial charge in [-0.1, -0.05) is 23.2 Å². The molecule has 14 heavy (non-hydrogen) atoms. The van der Waals surface area contributed by atoms with E-state index in [-0.39, 0.29) is 6.61 Å². The maximum Gasteiger partial charge on any atom is 0.112 e. The molecule has 0 aromatic heterocycles. The van der Waals surface area contributed by atoms with Crippen molar-refractivity contribution in [2.24, 2.45) is 0 Å². The summed E-state index contributed by atoms with van der Waals surface area (Å²) in [6, 6.07) is 4.97. The van der Waals surface area contributed by atoms with Crippen LogP contribution in [-0.4, -0.2) is 18.8 Å². The van der Waals surface area contributed by atoms with Crippen LogP contribution in [0, 0.1) is 0 Å². The molecule has 0 spiro atoms. The van der Waals surface area contributed by atoms with Gasteiger partial charge in [-0.2, -0.15) is 0 Å². The van der Waals surface area contributed by atoms with E-state index in [1.165, 1.54) is 7.11 Å². The van der Waals surface area contributed by atoms with E-state index in [0.29, 0.717) is 15.6 Å². The average Bonchev–Trinajstić information content (AvgIpc) is 2.09. The van der Waals surface area contributed by atoms with Crippen molar-refractivity contribution in [1.29, 1.82) is 0 Å². The molecule has 0 fully saturated rings. The van der Waals surface area contributed by atoms with Gasteiger partial charge in [0, 0.05) is 22.7 Å². The van der Waals surface area contributed by atoms with Gasteiger partial charge >= 0.3 is 0 Å². The monoisotopic (exact) mass is 234 g/mol. The van der Waals surface area contributed by atoms with Gasteiger partial charge in [0.2, 0.25) is 0 Å². The van der Waals surface area contributed by atoms with Crippen LogP contribution in [0.25, 0.3) is 0 Å². The first-order valence-electron chi connectivity index (χ1n) is 4.14. The van der Waals surface area contributed by atoms with Crippen LogP contribution in [0.5, 0.6) is 0 Å². The molecule has 1 atom stereocenters. The molecule has 2 nitrogen and oxygen atoms in total. The Hall–Kier alpha value is -0.280. The highest BCUT2D eigenvalue weighted by molar-refractivity contribution is 6.33. The second-order valence-electron chi connectivity index (χ2n) is 3.33. The van der Waals surface area contributed by atoms with Gasteiger partial charge in [0.1, 0.15) is 5.60 Å². The number of methoxy groups -OCH3 is 1. The first-order chi connectivity index (χ1) is 6.47. The molecular formula is C10H12Cl2O2. The third-order valence-electron chi connectivity index (χ3n) is 1.93. The molecule has 78 valence electrons. The molecule has 1 N–H and O–H groups in total. The number of halogens is 2. The van der Waals surface area contributed by atoms with E-state index in [4.69, 9.17) is 27.9 Å². The minimum Gasteiger partial charge on any atom is -0.383 e. The highest BCUT2D eigenvalue weighted by Gasteiger charge is 2.25. The number of ether oxygens (including phenoxy) is 1. The zero-order valence-electron chi connectivity index (χ0n) is 8.05. The minimum atomic E-state index is -1.11. The maximum atomic E-state index is 10.0. The normalized spacial score (nSPS) is 15.2. The van der Waals surface area contributed by atoms with E-state index in [0.717, 1.165) is 0 Å². The van der Waals surface area contributed by atoms with Crippen molar-refractivity contribution in [2.75, 3.05) is 13.7 Å². The summed E-state index contributed by atoms with van der Waals surface area (Å²) in [5, 5.41) is 11.0. The van der Waals surface area contributed by atoms with Crippen LogP contribution in [-0.2, 0) is 10.3 Å². The largest absolute Gasteiger partial charge is 0.383 e. The molecule has 1 aromatic rings. The Bertz CT molecular complexity index is 324. The molecular weight excluding hydrogens is 223 g/mol.